The maximum atomic E-state index is 13.6. The molecule has 0 radical (unpaired) electrons. The minimum atomic E-state index is -0.563. The first kappa shape index (κ1) is 21.7. The third kappa shape index (κ3) is 3.71. The number of benzene rings is 2. The van der Waals surface area contributed by atoms with E-state index in [2.05, 4.69) is 20.9 Å². The molecule has 1 aromatic heterocycles. The number of hydrogen-bond donors (Lipinski definition) is 0. The van der Waals surface area contributed by atoms with Crippen LogP contribution in [0.5, 0.6) is 17.2 Å². The van der Waals surface area contributed by atoms with Crippen LogP contribution in [-0.2, 0) is 4.79 Å². The molecule has 0 saturated heterocycles. The molecule has 0 amide bonds. The summed E-state index contributed by atoms with van der Waals surface area (Å²) in [5.74, 6) is 1.86. The van der Waals surface area contributed by atoms with Crippen LogP contribution in [-0.4, -0.2) is 24.3 Å². The van der Waals surface area contributed by atoms with Gasteiger partial charge in [0.05, 0.1) is 17.7 Å². The number of halogens is 1. The van der Waals surface area contributed by atoms with Gasteiger partial charge in [0.2, 0.25) is 6.79 Å². The highest BCUT2D eigenvalue weighted by molar-refractivity contribution is 9.10. The van der Waals surface area contributed by atoms with Crippen LogP contribution in [0.1, 0.15) is 31.0 Å². The lowest BCUT2D eigenvalue weighted by Crippen LogP contribution is -2.39. The van der Waals surface area contributed by atoms with Crippen LogP contribution >= 0.6 is 27.3 Å². The summed E-state index contributed by atoms with van der Waals surface area (Å²) in [7, 11) is 1.59. The molecule has 2 aliphatic heterocycles. The molecule has 0 aliphatic carbocycles. The quantitative estimate of drug-likeness (QED) is 0.521. The zero-order chi connectivity index (χ0) is 23.3. The zero-order valence-corrected chi connectivity index (χ0v) is 20.5. The minimum Gasteiger partial charge on any atom is -0.497 e. The van der Waals surface area contributed by atoms with Crippen molar-refractivity contribution in [1.29, 1.82) is 0 Å². The Hall–Kier alpha value is -3.17. The number of carbonyl (C=O) groups excluding carboxylic acids is 1. The van der Waals surface area contributed by atoms with Gasteiger partial charge in [0.25, 0.3) is 5.56 Å². The first-order valence-electron chi connectivity index (χ1n) is 10.1. The van der Waals surface area contributed by atoms with E-state index < -0.39 is 6.04 Å². The molecule has 0 bridgehead atoms. The lowest BCUT2D eigenvalue weighted by molar-refractivity contribution is -0.114. The number of thiazole rings is 1. The number of ketones is 1. The fourth-order valence-electron chi connectivity index (χ4n) is 4.06. The molecule has 9 heteroatoms. The van der Waals surface area contributed by atoms with Gasteiger partial charge in [-0.2, -0.15) is 0 Å². The van der Waals surface area contributed by atoms with Crippen molar-refractivity contribution in [1.82, 2.24) is 4.57 Å². The Kier molecular flexibility index (Phi) is 5.46. The molecule has 7 nitrogen and oxygen atoms in total. The number of ether oxygens (including phenoxy) is 3. The molecular formula is C24H19BrN2O5S. The van der Waals surface area contributed by atoms with E-state index in [0.29, 0.717) is 37.9 Å². The second-order valence-corrected chi connectivity index (χ2v) is 9.50. The standard InChI is InChI=1S/C24H19BrN2O5S/c1-12-21(13(2)28)22(14-4-6-16(30-3)7-5-14)27-23(29)20(33-24(27)26-12)9-15-8-18-19(10-17(15)25)32-11-31-18/h4-10,22H,11H2,1-3H3/t22-/m1/s1. The van der Waals surface area contributed by atoms with Crippen LogP contribution in [0.25, 0.3) is 6.08 Å². The van der Waals surface area contributed by atoms with Gasteiger partial charge in [0, 0.05) is 15.7 Å². The van der Waals surface area contributed by atoms with Crippen LogP contribution in [0.15, 0.2) is 61.9 Å². The van der Waals surface area contributed by atoms with Gasteiger partial charge in [0.15, 0.2) is 22.1 Å². The topological polar surface area (TPSA) is 79.1 Å². The van der Waals surface area contributed by atoms with Gasteiger partial charge in [-0.25, -0.2) is 4.99 Å². The lowest BCUT2D eigenvalue weighted by atomic mass is 9.93. The number of methoxy groups -OCH3 is 1. The number of Topliss-reactive ketones (excluding diaryl/α,β-unsaturated/α-hetero) is 1. The van der Waals surface area contributed by atoms with Crippen molar-refractivity contribution >= 4 is 39.1 Å². The van der Waals surface area contributed by atoms with Gasteiger partial charge in [0.1, 0.15) is 5.75 Å². The number of fused-ring (bicyclic) bond motifs is 2. The molecule has 3 aromatic rings. The lowest BCUT2D eigenvalue weighted by Gasteiger charge is -2.24. The highest BCUT2D eigenvalue weighted by Gasteiger charge is 2.30. The van der Waals surface area contributed by atoms with E-state index in [1.165, 1.54) is 18.3 Å². The molecular weight excluding hydrogens is 508 g/mol. The predicted molar refractivity (Wildman–Crippen MR) is 128 cm³/mol. The zero-order valence-electron chi connectivity index (χ0n) is 18.0. The van der Waals surface area contributed by atoms with E-state index in [1.807, 2.05) is 36.4 Å². The van der Waals surface area contributed by atoms with Crippen molar-refractivity contribution in [3.8, 4) is 17.2 Å². The Morgan fingerprint density at radius 3 is 2.61 bits per heavy atom. The maximum absolute atomic E-state index is 13.6. The van der Waals surface area contributed by atoms with Crippen molar-refractivity contribution in [3.05, 3.63) is 83.0 Å². The fraction of sp³-hybridized carbons (Fsp3) is 0.208. The van der Waals surface area contributed by atoms with Crippen molar-refractivity contribution in [2.45, 2.75) is 19.9 Å². The van der Waals surface area contributed by atoms with Crippen molar-refractivity contribution in [3.63, 3.8) is 0 Å². The Morgan fingerprint density at radius 1 is 1.24 bits per heavy atom. The van der Waals surface area contributed by atoms with E-state index in [0.717, 1.165) is 15.6 Å². The maximum Gasteiger partial charge on any atom is 0.271 e. The number of allylic oxidation sites excluding steroid dienone is 2. The summed E-state index contributed by atoms with van der Waals surface area (Å²) >= 11 is 4.83. The highest BCUT2D eigenvalue weighted by Crippen LogP contribution is 2.37. The Balaban J connectivity index is 1.71. The summed E-state index contributed by atoms with van der Waals surface area (Å²) in [6, 6.07) is 10.5. The highest BCUT2D eigenvalue weighted by atomic mass is 79.9. The van der Waals surface area contributed by atoms with E-state index in [4.69, 9.17) is 14.2 Å². The molecule has 0 spiro atoms. The molecule has 0 saturated carbocycles. The van der Waals surface area contributed by atoms with Gasteiger partial charge in [-0.1, -0.05) is 39.4 Å². The smallest absolute Gasteiger partial charge is 0.271 e. The monoisotopic (exact) mass is 526 g/mol. The predicted octanol–water partition coefficient (Wildman–Crippen LogP) is 3.32. The average molecular weight is 527 g/mol. The molecule has 2 aliphatic rings. The number of nitrogens with zero attached hydrogens (tertiary/aromatic N) is 2. The third-order valence-corrected chi connectivity index (χ3v) is 7.28. The number of rotatable bonds is 4. The summed E-state index contributed by atoms with van der Waals surface area (Å²) in [6.45, 7) is 3.48. The van der Waals surface area contributed by atoms with Crippen LogP contribution in [0.3, 0.4) is 0 Å². The van der Waals surface area contributed by atoms with E-state index in [1.54, 1.807) is 24.7 Å². The molecule has 1 atom stereocenters. The molecule has 0 fully saturated rings. The van der Waals surface area contributed by atoms with Crippen molar-refractivity contribution < 1.29 is 19.0 Å². The minimum absolute atomic E-state index is 0.120. The Morgan fingerprint density at radius 2 is 1.94 bits per heavy atom. The summed E-state index contributed by atoms with van der Waals surface area (Å²) in [6.07, 6.45) is 1.80. The van der Waals surface area contributed by atoms with Crippen molar-refractivity contribution in [2.75, 3.05) is 13.9 Å². The largest absolute Gasteiger partial charge is 0.497 e. The average Bonchev–Trinajstić information content (AvgIpc) is 3.36. The molecule has 3 heterocycles. The van der Waals surface area contributed by atoms with E-state index >= 15 is 0 Å². The molecule has 0 unspecified atom stereocenters. The Bertz CT molecular complexity index is 1500. The van der Waals surface area contributed by atoms with Gasteiger partial charge >= 0.3 is 0 Å². The molecule has 5 rings (SSSR count). The number of aromatic nitrogens is 1. The Labute approximate surface area is 201 Å². The second-order valence-electron chi connectivity index (χ2n) is 7.64. The summed E-state index contributed by atoms with van der Waals surface area (Å²) in [5, 5.41) is 0. The number of carbonyl (C=O) groups is 1. The van der Waals surface area contributed by atoms with E-state index in [9.17, 15) is 9.59 Å². The van der Waals surface area contributed by atoms with Crippen molar-refractivity contribution in [2.24, 2.45) is 4.99 Å². The van der Waals surface area contributed by atoms with Crippen LogP contribution in [0.4, 0.5) is 0 Å². The fourth-order valence-corrected chi connectivity index (χ4v) is 5.53. The van der Waals surface area contributed by atoms with Crippen LogP contribution < -0.4 is 29.1 Å². The molecule has 2 aromatic carbocycles. The van der Waals surface area contributed by atoms with Gasteiger partial charge in [-0.05, 0) is 55.3 Å². The third-order valence-electron chi connectivity index (χ3n) is 5.61. The normalized spacial score (nSPS) is 17.1. The SMILES string of the molecule is COc1ccc([C@@H]2C(C(C)=O)=C(C)N=c3sc(=Cc4cc5c(cc4Br)OCO5)c(=O)n32)cc1. The van der Waals surface area contributed by atoms with Crippen LogP contribution in [0.2, 0.25) is 0 Å². The van der Waals surface area contributed by atoms with E-state index in [-0.39, 0.29) is 18.1 Å². The first-order valence-corrected chi connectivity index (χ1v) is 11.7. The van der Waals surface area contributed by atoms with Gasteiger partial charge < -0.3 is 14.2 Å². The second kappa shape index (κ2) is 8.31. The molecule has 0 N–H and O–H groups in total. The molecule has 33 heavy (non-hydrogen) atoms. The summed E-state index contributed by atoms with van der Waals surface area (Å²) in [5.41, 5.74) is 2.50. The summed E-state index contributed by atoms with van der Waals surface area (Å²) in [4.78, 5) is 31.3. The summed E-state index contributed by atoms with van der Waals surface area (Å²) < 4.78 is 19.0. The molecule has 168 valence electrons. The van der Waals surface area contributed by atoms with Gasteiger partial charge in [-0.3, -0.25) is 14.2 Å². The van der Waals surface area contributed by atoms with Crippen LogP contribution in [0, 0.1) is 0 Å². The first-order chi connectivity index (χ1) is 15.9. The number of hydrogen-bond acceptors (Lipinski definition) is 7. The van der Waals surface area contributed by atoms with Gasteiger partial charge in [-0.15, -0.1) is 0 Å².